The average molecular weight is 403 g/mol. The van der Waals surface area contributed by atoms with Crippen LogP contribution in [0, 0.1) is 0 Å². The SMILES string of the molecule is O=C(CCCCCN1C(=O)C2Cc3ccccc3CN2C1=O)NC(CO)C(=O)O. The van der Waals surface area contributed by atoms with Gasteiger partial charge in [0, 0.05) is 25.9 Å². The quantitative estimate of drug-likeness (QED) is 0.407. The Labute approximate surface area is 168 Å². The van der Waals surface area contributed by atoms with E-state index >= 15 is 0 Å². The number of hydrogen-bond acceptors (Lipinski definition) is 5. The summed E-state index contributed by atoms with van der Waals surface area (Å²) in [7, 11) is 0. The van der Waals surface area contributed by atoms with E-state index in [1.807, 2.05) is 24.3 Å². The average Bonchev–Trinajstić information content (AvgIpc) is 2.94. The van der Waals surface area contributed by atoms with Crippen LogP contribution in [0.5, 0.6) is 0 Å². The van der Waals surface area contributed by atoms with Crippen molar-refractivity contribution in [2.45, 2.75) is 50.7 Å². The number of carbonyl (C=O) groups excluding carboxylic acids is 3. The molecule has 3 N–H and O–H groups in total. The summed E-state index contributed by atoms with van der Waals surface area (Å²) < 4.78 is 0. The van der Waals surface area contributed by atoms with Gasteiger partial charge in [-0.05, 0) is 24.0 Å². The molecular formula is C20H25N3O6. The zero-order valence-electron chi connectivity index (χ0n) is 16.0. The van der Waals surface area contributed by atoms with Gasteiger partial charge in [-0.15, -0.1) is 0 Å². The van der Waals surface area contributed by atoms with Gasteiger partial charge in [0.2, 0.25) is 5.91 Å². The van der Waals surface area contributed by atoms with Gasteiger partial charge in [-0.3, -0.25) is 14.5 Å². The van der Waals surface area contributed by atoms with Crippen molar-refractivity contribution in [2.24, 2.45) is 0 Å². The van der Waals surface area contributed by atoms with Crippen LogP contribution in [0.2, 0.25) is 0 Å². The monoisotopic (exact) mass is 403 g/mol. The van der Waals surface area contributed by atoms with E-state index in [4.69, 9.17) is 10.2 Å². The second kappa shape index (κ2) is 9.04. The van der Waals surface area contributed by atoms with E-state index in [0.29, 0.717) is 38.8 Å². The Kier molecular flexibility index (Phi) is 6.48. The number of carbonyl (C=O) groups is 4. The molecule has 1 aromatic rings. The second-order valence-electron chi connectivity index (χ2n) is 7.34. The molecule has 3 rings (SSSR count). The molecule has 0 saturated carbocycles. The fourth-order valence-corrected chi connectivity index (χ4v) is 3.76. The number of unbranched alkanes of at least 4 members (excludes halogenated alkanes) is 2. The van der Waals surface area contributed by atoms with Crippen molar-refractivity contribution >= 4 is 23.8 Å². The zero-order chi connectivity index (χ0) is 21.0. The van der Waals surface area contributed by atoms with Gasteiger partial charge in [0.25, 0.3) is 5.91 Å². The number of imide groups is 1. The number of carboxylic acid groups (broad SMARTS) is 1. The first-order valence-electron chi connectivity index (χ1n) is 9.74. The van der Waals surface area contributed by atoms with Gasteiger partial charge in [0.1, 0.15) is 12.1 Å². The van der Waals surface area contributed by atoms with Gasteiger partial charge in [0.05, 0.1) is 6.61 Å². The number of aliphatic carboxylic acids is 1. The van der Waals surface area contributed by atoms with Crippen LogP contribution in [-0.4, -0.2) is 69.1 Å². The summed E-state index contributed by atoms with van der Waals surface area (Å²) in [5.74, 6) is -1.91. The number of rotatable bonds is 9. The molecule has 0 bridgehead atoms. The predicted octanol–water partition coefficient (Wildman–Crippen LogP) is 0.498. The molecule has 2 aliphatic rings. The number of carboxylic acids is 1. The zero-order valence-corrected chi connectivity index (χ0v) is 16.0. The molecule has 0 spiro atoms. The minimum atomic E-state index is -1.30. The lowest BCUT2D eigenvalue weighted by atomic mass is 9.95. The second-order valence-corrected chi connectivity index (χ2v) is 7.34. The third-order valence-electron chi connectivity index (χ3n) is 5.38. The normalized spacial score (nSPS) is 19.0. The molecule has 1 saturated heterocycles. The molecule has 156 valence electrons. The van der Waals surface area contributed by atoms with Crippen LogP contribution in [0.4, 0.5) is 4.79 Å². The summed E-state index contributed by atoms with van der Waals surface area (Å²) >= 11 is 0. The van der Waals surface area contributed by atoms with Crippen LogP contribution in [-0.2, 0) is 27.3 Å². The van der Waals surface area contributed by atoms with Gasteiger partial charge in [0.15, 0.2) is 0 Å². The Bertz CT molecular complexity index is 768. The van der Waals surface area contributed by atoms with Crippen LogP contribution >= 0.6 is 0 Å². The molecule has 0 aliphatic carbocycles. The van der Waals surface area contributed by atoms with Crippen molar-refractivity contribution < 1.29 is 29.4 Å². The number of hydrogen-bond donors (Lipinski definition) is 3. The molecule has 9 heteroatoms. The van der Waals surface area contributed by atoms with E-state index in [-0.39, 0.29) is 18.4 Å². The predicted molar refractivity (Wildman–Crippen MR) is 102 cm³/mol. The number of nitrogens with zero attached hydrogens (tertiary/aromatic N) is 2. The first-order valence-corrected chi connectivity index (χ1v) is 9.74. The molecule has 4 amide bonds. The third-order valence-corrected chi connectivity index (χ3v) is 5.38. The molecule has 2 unspecified atom stereocenters. The maximum Gasteiger partial charge on any atom is 0.328 e. The van der Waals surface area contributed by atoms with Gasteiger partial charge in [-0.2, -0.15) is 0 Å². The minimum Gasteiger partial charge on any atom is -0.480 e. The fraction of sp³-hybridized carbons (Fsp3) is 0.500. The van der Waals surface area contributed by atoms with E-state index in [0.717, 1.165) is 11.1 Å². The van der Waals surface area contributed by atoms with E-state index in [1.165, 1.54) is 4.90 Å². The first kappa shape index (κ1) is 20.8. The van der Waals surface area contributed by atoms with Gasteiger partial charge < -0.3 is 20.4 Å². The Morgan fingerprint density at radius 1 is 1.14 bits per heavy atom. The topological polar surface area (TPSA) is 127 Å². The highest BCUT2D eigenvalue weighted by molar-refractivity contribution is 6.04. The van der Waals surface area contributed by atoms with Crippen LogP contribution in [0.15, 0.2) is 24.3 Å². The number of amides is 4. The van der Waals surface area contributed by atoms with E-state index in [1.54, 1.807) is 4.90 Å². The van der Waals surface area contributed by atoms with Crippen molar-refractivity contribution in [3.8, 4) is 0 Å². The summed E-state index contributed by atoms with van der Waals surface area (Å²) in [6.45, 7) is 0.0799. The lowest BCUT2D eigenvalue weighted by molar-refractivity contribution is -0.143. The van der Waals surface area contributed by atoms with Crippen LogP contribution < -0.4 is 5.32 Å². The Morgan fingerprint density at radius 2 is 1.86 bits per heavy atom. The molecule has 2 atom stereocenters. The minimum absolute atomic E-state index is 0.121. The highest BCUT2D eigenvalue weighted by Gasteiger charge is 2.46. The fourth-order valence-electron chi connectivity index (χ4n) is 3.76. The van der Waals surface area contributed by atoms with Gasteiger partial charge >= 0.3 is 12.0 Å². The molecule has 0 aromatic heterocycles. The molecule has 29 heavy (non-hydrogen) atoms. The first-order chi connectivity index (χ1) is 13.9. The lowest BCUT2D eigenvalue weighted by Crippen LogP contribution is -2.43. The highest BCUT2D eigenvalue weighted by atomic mass is 16.4. The van der Waals surface area contributed by atoms with E-state index in [9.17, 15) is 19.2 Å². The number of benzene rings is 1. The van der Waals surface area contributed by atoms with Crippen molar-refractivity contribution in [1.29, 1.82) is 0 Å². The van der Waals surface area contributed by atoms with Crippen molar-refractivity contribution in [2.75, 3.05) is 13.2 Å². The Hall–Kier alpha value is -2.94. The summed E-state index contributed by atoms with van der Waals surface area (Å²) in [5, 5.41) is 19.9. The van der Waals surface area contributed by atoms with Crippen LogP contribution in [0.1, 0.15) is 36.8 Å². The maximum absolute atomic E-state index is 12.7. The molecule has 1 aromatic carbocycles. The molecule has 2 aliphatic heterocycles. The van der Waals surface area contributed by atoms with Crippen molar-refractivity contribution in [1.82, 2.24) is 15.1 Å². The molecule has 0 radical (unpaired) electrons. The number of fused-ring (bicyclic) bond motifs is 2. The van der Waals surface area contributed by atoms with Crippen LogP contribution in [0.3, 0.4) is 0 Å². The smallest absolute Gasteiger partial charge is 0.328 e. The largest absolute Gasteiger partial charge is 0.480 e. The van der Waals surface area contributed by atoms with Gasteiger partial charge in [-0.25, -0.2) is 9.59 Å². The Morgan fingerprint density at radius 3 is 2.55 bits per heavy atom. The van der Waals surface area contributed by atoms with Crippen LogP contribution in [0.25, 0.3) is 0 Å². The highest BCUT2D eigenvalue weighted by Crippen LogP contribution is 2.30. The van der Waals surface area contributed by atoms with Crippen molar-refractivity contribution in [3.63, 3.8) is 0 Å². The Balaban J connectivity index is 1.43. The lowest BCUT2D eigenvalue weighted by Gasteiger charge is -2.28. The number of aliphatic hydroxyl groups excluding tert-OH is 1. The van der Waals surface area contributed by atoms with E-state index in [2.05, 4.69) is 5.32 Å². The summed E-state index contributed by atoms with van der Waals surface area (Å²) in [4.78, 5) is 50.7. The molecular weight excluding hydrogens is 378 g/mol. The standard InChI is InChI=1S/C20H25N3O6/c24-12-15(19(27)28)21-17(25)8-2-1-5-9-22-18(26)16-10-13-6-3-4-7-14(13)11-23(16)20(22)29/h3-4,6-7,15-16,24H,1-2,5,8-12H2,(H,21,25)(H,27,28). The maximum atomic E-state index is 12.7. The molecule has 2 heterocycles. The molecule has 1 fully saturated rings. The summed E-state index contributed by atoms with van der Waals surface area (Å²) in [6.07, 6.45) is 2.34. The number of nitrogens with one attached hydrogen (secondary N) is 1. The molecule has 9 nitrogen and oxygen atoms in total. The van der Waals surface area contributed by atoms with Gasteiger partial charge in [-0.1, -0.05) is 30.7 Å². The van der Waals surface area contributed by atoms with E-state index < -0.39 is 30.6 Å². The van der Waals surface area contributed by atoms with Crippen molar-refractivity contribution in [3.05, 3.63) is 35.4 Å². The number of urea groups is 1. The summed E-state index contributed by atoms with van der Waals surface area (Å²) in [6, 6.07) is 5.82. The number of aliphatic hydroxyl groups is 1. The summed E-state index contributed by atoms with van der Waals surface area (Å²) in [5.41, 5.74) is 2.17. The third kappa shape index (κ3) is 4.56.